The summed E-state index contributed by atoms with van der Waals surface area (Å²) in [6, 6.07) is 0. The molecule has 0 aliphatic rings. The van der Waals surface area contributed by atoms with E-state index >= 15 is 0 Å². The van der Waals surface area contributed by atoms with Gasteiger partial charge in [-0.25, -0.2) is 0 Å². The summed E-state index contributed by atoms with van der Waals surface area (Å²) in [6.07, 6.45) is 8.57. The first kappa shape index (κ1) is 18.1. The molecule has 1 atom stereocenters. The molecule has 0 rings (SSSR count). The summed E-state index contributed by atoms with van der Waals surface area (Å²) in [5.74, 6) is 0. The molecule has 0 aromatic heterocycles. The number of hydrogen-bond acceptors (Lipinski definition) is 1. The lowest BCUT2D eigenvalue weighted by Crippen LogP contribution is -2.52. The van der Waals surface area contributed by atoms with Gasteiger partial charge in [-0.15, -0.1) is 0 Å². The molecule has 0 fully saturated rings. The Bertz CT molecular complexity index is 211. The van der Waals surface area contributed by atoms with Crippen LogP contribution >= 0.6 is 0 Å². The van der Waals surface area contributed by atoms with Gasteiger partial charge in [0, 0.05) is 6.92 Å². The summed E-state index contributed by atoms with van der Waals surface area (Å²) < 4.78 is 7.21. The third kappa shape index (κ3) is 9.12. The van der Waals surface area contributed by atoms with Gasteiger partial charge in [-0.2, -0.15) is 0 Å². The molecule has 2 nitrogen and oxygen atoms in total. The number of hydrogen-bond donors (Lipinski definition) is 0. The van der Waals surface area contributed by atoms with Crippen molar-refractivity contribution >= 4 is 8.32 Å². The second-order valence-electron chi connectivity index (χ2n) is 7.10. The van der Waals surface area contributed by atoms with E-state index in [9.17, 15) is 0 Å². The van der Waals surface area contributed by atoms with E-state index in [-0.39, 0.29) is 0 Å². The molecule has 0 aromatic carbocycles. The van der Waals surface area contributed by atoms with Crippen LogP contribution in [0, 0.1) is 0 Å². The Kier molecular flexibility index (Phi) is 8.40. The van der Waals surface area contributed by atoms with E-state index < -0.39 is 8.32 Å². The van der Waals surface area contributed by atoms with Crippen LogP contribution in [0.2, 0.25) is 19.6 Å². The summed E-state index contributed by atoms with van der Waals surface area (Å²) in [7, 11) is 3.19. The lowest BCUT2D eigenvalue weighted by atomic mass is 10.1. The summed E-state index contributed by atoms with van der Waals surface area (Å²) in [6.45, 7) is 12.6. The molecule has 0 saturated heterocycles. The van der Waals surface area contributed by atoms with Gasteiger partial charge in [0.05, 0.1) is 20.6 Å². The van der Waals surface area contributed by atoms with Gasteiger partial charge in [-0.3, -0.25) is 0 Å². The molecule has 18 heavy (non-hydrogen) atoms. The average molecular weight is 275 g/mol. The van der Waals surface area contributed by atoms with E-state index in [4.69, 9.17) is 4.43 Å². The van der Waals surface area contributed by atoms with Gasteiger partial charge >= 0.3 is 0 Å². The highest BCUT2D eigenvalue weighted by Crippen LogP contribution is 2.16. The number of quaternary nitrogens is 1. The van der Waals surface area contributed by atoms with Crippen molar-refractivity contribution < 1.29 is 8.91 Å². The number of nitrogens with zero attached hydrogens (tertiary/aromatic N) is 1. The third-order valence-electron chi connectivity index (χ3n) is 3.60. The normalized spacial score (nSPS) is 14.8. The van der Waals surface area contributed by atoms with Crippen molar-refractivity contribution in [3.05, 3.63) is 0 Å². The summed E-state index contributed by atoms with van der Waals surface area (Å²) in [5, 5.41) is 0. The molecule has 0 aliphatic carbocycles. The molecular weight excluding hydrogens is 238 g/mol. The molecule has 0 N–H and O–H groups in total. The van der Waals surface area contributed by atoms with Crippen molar-refractivity contribution in [2.45, 2.75) is 78.2 Å². The molecular formula is C15H36NOSi+. The fraction of sp³-hybridized carbons (Fsp3) is 1.00. The maximum atomic E-state index is 6.21. The van der Waals surface area contributed by atoms with Crippen molar-refractivity contribution in [2.75, 3.05) is 20.6 Å². The van der Waals surface area contributed by atoms with Crippen molar-refractivity contribution in [1.82, 2.24) is 0 Å². The summed E-state index contributed by atoms with van der Waals surface area (Å²) in [5.41, 5.74) is 0. The maximum absolute atomic E-state index is 6.21. The topological polar surface area (TPSA) is 9.23 Å². The minimum atomic E-state index is -1.41. The van der Waals surface area contributed by atoms with E-state index in [1.165, 1.54) is 45.1 Å². The Hall–Kier alpha value is 0.137. The Morgan fingerprint density at radius 1 is 0.944 bits per heavy atom. The van der Waals surface area contributed by atoms with E-state index in [0.717, 1.165) is 4.48 Å². The number of unbranched alkanes of at least 4 members (excludes halogenated alkanes) is 5. The molecule has 1 unspecified atom stereocenters. The smallest absolute Gasteiger partial charge is 0.191 e. The molecule has 0 radical (unpaired) electrons. The minimum absolute atomic E-state index is 0.326. The van der Waals surface area contributed by atoms with Crippen molar-refractivity contribution in [3.63, 3.8) is 0 Å². The van der Waals surface area contributed by atoms with Gasteiger partial charge in [0.15, 0.2) is 14.5 Å². The maximum Gasteiger partial charge on any atom is 0.191 e. The molecule has 3 heteroatoms. The highest BCUT2D eigenvalue weighted by atomic mass is 28.4. The Morgan fingerprint density at radius 3 is 1.94 bits per heavy atom. The first-order chi connectivity index (χ1) is 8.19. The van der Waals surface area contributed by atoms with Crippen LogP contribution in [0.5, 0.6) is 0 Å². The van der Waals surface area contributed by atoms with Gasteiger partial charge in [-0.1, -0.05) is 32.6 Å². The van der Waals surface area contributed by atoms with Gasteiger partial charge in [-0.05, 0) is 32.5 Å². The van der Waals surface area contributed by atoms with Crippen LogP contribution in [0.3, 0.4) is 0 Å². The SMILES string of the molecule is CCCCCCCC[N+](C)(C)C(C)O[Si](C)(C)C. The fourth-order valence-electron chi connectivity index (χ4n) is 2.14. The average Bonchev–Trinajstić information content (AvgIpc) is 2.20. The van der Waals surface area contributed by atoms with Gasteiger partial charge in [0.25, 0.3) is 0 Å². The van der Waals surface area contributed by atoms with Crippen molar-refractivity contribution in [1.29, 1.82) is 0 Å². The quantitative estimate of drug-likeness (QED) is 0.244. The first-order valence-corrected chi connectivity index (χ1v) is 11.1. The van der Waals surface area contributed by atoms with E-state index in [0.29, 0.717) is 6.23 Å². The van der Waals surface area contributed by atoms with E-state index in [1.54, 1.807) is 0 Å². The highest BCUT2D eigenvalue weighted by molar-refractivity contribution is 6.69. The zero-order valence-corrected chi connectivity index (χ0v) is 14.9. The van der Waals surface area contributed by atoms with Gasteiger partial charge in [0.2, 0.25) is 0 Å². The van der Waals surface area contributed by atoms with Gasteiger partial charge in [0.1, 0.15) is 0 Å². The van der Waals surface area contributed by atoms with Crippen molar-refractivity contribution in [3.8, 4) is 0 Å². The predicted molar refractivity (Wildman–Crippen MR) is 84.2 cm³/mol. The molecule has 110 valence electrons. The van der Waals surface area contributed by atoms with Crippen LogP contribution in [-0.2, 0) is 4.43 Å². The molecule has 0 bridgehead atoms. The van der Waals surface area contributed by atoms with Crippen LogP contribution < -0.4 is 0 Å². The second kappa shape index (κ2) is 8.34. The van der Waals surface area contributed by atoms with Crippen LogP contribution in [0.25, 0.3) is 0 Å². The molecule has 0 aromatic rings. The predicted octanol–water partition coefficient (Wildman–Crippen LogP) is 4.62. The Labute approximate surface area is 116 Å². The lowest BCUT2D eigenvalue weighted by molar-refractivity contribution is -0.932. The highest BCUT2D eigenvalue weighted by Gasteiger charge is 2.29. The third-order valence-corrected chi connectivity index (χ3v) is 4.64. The monoisotopic (exact) mass is 274 g/mol. The zero-order valence-electron chi connectivity index (χ0n) is 13.9. The van der Waals surface area contributed by atoms with Crippen LogP contribution in [-0.4, -0.2) is 39.7 Å². The fourth-order valence-corrected chi connectivity index (χ4v) is 3.44. The molecule has 0 amide bonds. The summed E-state index contributed by atoms with van der Waals surface area (Å²) >= 11 is 0. The largest absolute Gasteiger partial charge is 0.371 e. The van der Waals surface area contributed by atoms with Crippen molar-refractivity contribution in [2.24, 2.45) is 0 Å². The standard InChI is InChI=1S/C15H36NOSi/c1-8-9-10-11-12-13-14-16(3,4)15(2)17-18(5,6)7/h15H,8-14H2,1-7H3/q+1. The molecule has 0 saturated carbocycles. The second-order valence-corrected chi connectivity index (χ2v) is 11.6. The number of rotatable bonds is 10. The molecule has 0 aliphatic heterocycles. The first-order valence-electron chi connectivity index (χ1n) is 7.69. The minimum Gasteiger partial charge on any atom is -0.371 e. The molecule has 0 spiro atoms. The van der Waals surface area contributed by atoms with Crippen LogP contribution in [0.15, 0.2) is 0 Å². The van der Waals surface area contributed by atoms with E-state index in [1.807, 2.05) is 0 Å². The summed E-state index contributed by atoms with van der Waals surface area (Å²) in [4.78, 5) is 0. The van der Waals surface area contributed by atoms with Crippen LogP contribution in [0.1, 0.15) is 52.4 Å². The van der Waals surface area contributed by atoms with E-state index in [2.05, 4.69) is 47.6 Å². The van der Waals surface area contributed by atoms with Crippen LogP contribution in [0.4, 0.5) is 0 Å². The Balaban J connectivity index is 3.85. The zero-order chi connectivity index (χ0) is 14.2. The Morgan fingerprint density at radius 2 is 1.44 bits per heavy atom. The lowest BCUT2D eigenvalue weighted by Gasteiger charge is -2.38. The van der Waals surface area contributed by atoms with Gasteiger partial charge < -0.3 is 8.91 Å². The molecule has 0 heterocycles.